The van der Waals surface area contributed by atoms with Gasteiger partial charge in [-0.05, 0) is 66.7 Å². The molecule has 3 heterocycles. The third-order valence-corrected chi connectivity index (χ3v) is 4.90. The second kappa shape index (κ2) is 6.91. The molecule has 0 spiro atoms. The smallest absolute Gasteiger partial charge is 0.137 e. The van der Waals surface area contributed by atoms with Gasteiger partial charge in [0.25, 0.3) is 0 Å². The van der Waals surface area contributed by atoms with E-state index in [-0.39, 0.29) is 5.82 Å². The summed E-state index contributed by atoms with van der Waals surface area (Å²) in [6, 6.07) is 20.1. The van der Waals surface area contributed by atoms with Crippen LogP contribution in [0.15, 0.2) is 85.3 Å². The number of halogens is 1. The Morgan fingerprint density at radius 2 is 1.59 bits per heavy atom. The average Bonchev–Trinajstić information content (AvgIpc) is 3.41. The lowest BCUT2D eigenvalue weighted by molar-refractivity contribution is 0.415. The van der Waals surface area contributed by atoms with E-state index in [1.54, 1.807) is 30.1 Å². The number of benzene rings is 2. The predicted molar refractivity (Wildman–Crippen MR) is 110 cm³/mol. The van der Waals surface area contributed by atoms with Crippen molar-refractivity contribution < 1.29 is 9.13 Å². The van der Waals surface area contributed by atoms with E-state index in [0.717, 1.165) is 39.6 Å². The molecule has 5 nitrogen and oxygen atoms in total. The molecule has 0 bridgehead atoms. The van der Waals surface area contributed by atoms with E-state index in [9.17, 15) is 4.39 Å². The van der Waals surface area contributed by atoms with Crippen LogP contribution in [0.1, 0.15) is 0 Å². The first-order valence-electron chi connectivity index (χ1n) is 9.15. The van der Waals surface area contributed by atoms with Crippen molar-refractivity contribution in [2.75, 3.05) is 7.11 Å². The normalized spacial score (nSPS) is 11.1. The van der Waals surface area contributed by atoms with Gasteiger partial charge in [-0.3, -0.25) is 4.40 Å². The first kappa shape index (κ1) is 17.2. The van der Waals surface area contributed by atoms with Crippen molar-refractivity contribution in [1.82, 2.24) is 19.2 Å². The molecule has 0 aliphatic rings. The van der Waals surface area contributed by atoms with Crippen LogP contribution in [-0.2, 0) is 0 Å². The molecule has 3 aromatic heterocycles. The van der Waals surface area contributed by atoms with Crippen LogP contribution >= 0.6 is 0 Å². The largest absolute Gasteiger partial charge is 0.497 e. The molecule has 0 aliphatic carbocycles. The van der Waals surface area contributed by atoms with Crippen LogP contribution in [0.2, 0.25) is 0 Å². The summed E-state index contributed by atoms with van der Waals surface area (Å²) in [5.41, 5.74) is 5.57. The van der Waals surface area contributed by atoms with E-state index < -0.39 is 0 Å². The maximum absolute atomic E-state index is 13.3. The van der Waals surface area contributed by atoms with Crippen LogP contribution in [-0.4, -0.2) is 26.3 Å². The summed E-state index contributed by atoms with van der Waals surface area (Å²) in [5.74, 6) is 0.540. The Balaban J connectivity index is 1.61. The molecule has 0 unspecified atom stereocenters. The van der Waals surface area contributed by atoms with Gasteiger partial charge in [-0.1, -0.05) is 0 Å². The summed E-state index contributed by atoms with van der Waals surface area (Å²) in [4.78, 5) is 4.52. The van der Waals surface area contributed by atoms with Crippen LogP contribution in [0.4, 0.5) is 4.39 Å². The maximum Gasteiger partial charge on any atom is 0.137 e. The fourth-order valence-electron chi connectivity index (χ4n) is 3.42. The molecule has 0 saturated heterocycles. The number of rotatable bonds is 4. The quantitative estimate of drug-likeness (QED) is 0.438. The Kier molecular flexibility index (Phi) is 4.09. The molecule has 0 atom stereocenters. The molecule has 5 rings (SSSR count). The molecular formula is C23H17FN4O. The minimum absolute atomic E-state index is 0.272. The summed E-state index contributed by atoms with van der Waals surface area (Å²) in [7, 11) is 1.65. The van der Waals surface area contributed by atoms with Crippen molar-refractivity contribution in [3.05, 3.63) is 91.1 Å². The van der Waals surface area contributed by atoms with Crippen molar-refractivity contribution >= 4 is 5.65 Å². The fraction of sp³-hybridized carbons (Fsp3) is 0.0435. The van der Waals surface area contributed by atoms with Crippen molar-refractivity contribution in [3.63, 3.8) is 0 Å². The van der Waals surface area contributed by atoms with E-state index in [1.807, 2.05) is 54.9 Å². The van der Waals surface area contributed by atoms with Gasteiger partial charge in [0.15, 0.2) is 0 Å². The number of imidazole rings is 1. The zero-order chi connectivity index (χ0) is 19.8. The summed E-state index contributed by atoms with van der Waals surface area (Å²) >= 11 is 0. The Morgan fingerprint density at radius 1 is 0.828 bits per heavy atom. The van der Waals surface area contributed by atoms with E-state index in [2.05, 4.69) is 14.5 Å². The van der Waals surface area contributed by atoms with Crippen LogP contribution in [0.5, 0.6) is 5.75 Å². The molecule has 6 heteroatoms. The standard InChI is InChI=1S/C23H17FN4O/c1-29-20-9-2-16(3-10-20)22-14-25-23-11-4-17(15-27(22)23)21-12-13-26-28(21)19-7-5-18(24)6-8-19/h2-15H,1H3. The number of ether oxygens (including phenoxy) is 1. The lowest BCUT2D eigenvalue weighted by Gasteiger charge is -2.09. The minimum Gasteiger partial charge on any atom is -0.497 e. The van der Waals surface area contributed by atoms with E-state index in [1.165, 1.54) is 12.1 Å². The van der Waals surface area contributed by atoms with Gasteiger partial charge in [-0.25, -0.2) is 14.1 Å². The maximum atomic E-state index is 13.3. The summed E-state index contributed by atoms with van der Waals surface area (Å²) in [6.45, 7) is 0. The van der Waals surface area contributed by atoms with Crippen molar-refractivity contribution in [2.24, 2.45) is 0 Å². The predicted octanol–water partition coefficient (Wildman–Crippen LogP) is 5.00. The number of fused-ring (bicyclic) bond motifs is 1. The second-order valence-corrected chi connectivity index (χ2v) is 6.62. The summed E-state index contributed by atoms with van der Waals surface area (Å²) in [6.07, 6.45) is 5.64. The Hall–Kier alpha value is -3.93. The molecule has 29 heavy (non-hydrogen) atoms. The lowest BCUT2D eigenvalue weighted by atomic mass is 10.1. The molecule has 0 amide bonds. The van der Waals surface area contributed by atoms with Gasteiger partial charge in [-0.2, -0.15) is 5.10 Å². The highest BCUT2D eigenvalue weighted by Gasteiger charge is 2.11. The number of pyridine rings is 1. The Bertz CT molecular complexity index is 1290. The van der Waals surface area contributed by atoms with E-state index >= 15 is 0 Å². The van der Waals surface area contributed by atoms with Gasteiger partial charge in [0, 0.05) is 17.3 Å². The van der Waals surface area contributed by atoms with Crippen LogP contribution in [0.25, 0.3) is 33.8 Å². The first-order valence-corrected chi connectivity index (χ1v) is 9.15. The number of methoxy groups -OCH3 is 1. The highest BCUT2D eigenvalue weighted by Crippen LogP contribution is 2.27. The Morgan fingerprint density at radius 3 is 2.34 bits per heavy atom. The molecule has 0 N–H and O–H groups in total. The van der Waals surface area contributed by atoms with Crippen molar-refractivity contribution in [2.45, 2.75) is 0 Å². The first-order chi connectivity index (χ1) is 14.2. The fourth-order valence-corrected chi connectivity index (χ4v) is 3.42. The average molecular weight is 384 g/mol. The molecule has 2 aromatic carbocycles. The third-order valence-electron chi connectivity index (χ3n) is 4.90. The zero-order valence-electron chi connectivity index (χ0n) is 15.7. The summed E-state index contributed by atoms with van der Waals surface area (Å²) in [5, 5.41) is 4.42. The molecule has 5 aromatic rings. The number of nitrogens with zero attached hydrogens (tertiary/aromatic N) is 4. The van der Waals surface area contributed by atoms with E-state index in [4.69, 9.17) is 4.74 Å². The molecule has 0 radical (unpaired) electrons. The van der Waals surface area contributed by atoms with Crippen LogP contribution in [0, 0.1) is 5.82 Å². The lowest BCUT2D eigenvalue weighted by Crippen LogP contribution is -2.00. The number of aromatic nitrogens is 4. The zero-order valence-corrected chi connectivity index (χ0v) is 15.7. The SMILES string of the molecule is COc1ccc(-c2cnc3ccc(-c4ccnn4-c4ccc(F)cc4)cn23)cc1. The summed E-state index contributed by atoms with van der Waals surface area (Å²) < 4.78 is 22.4. The molecule has 0 fully saturated rings. The third kappa shape index (κ3) is 3.04. The van der Waals surface area contributed by atoms with Crippen molar-refractivity contribution in [3.8, 4) is 34.0 Å². The van der Waals surface area contributed by atoms with E-state index in [0.29, 0.717) is 0 Å². The van der Waals surface area contributed by atoms with Gasteiger partial charge in [0.05, 0.1) is 36.6 Å². The van der Waals surface area contributed by atoms with Gasteiger partial charge >= 0.3 is 0 Å². The Labute approximate surface area is 166 Å². The van der Waals surface area contributed by atoms with Gasteiger partial charge in [0.2, 0.25) is 0 Å². The second-order valence-electron chi connectivity index (χ2n) is 6.62. The molecule has 0 aliphatic heterocycles. The molecule has 0 saturated carbocycles. The van der Waals surface area contributed by atoms with Crippen LogP contribution < -0.4 is 4.74 Å². The van der Waals surface area contributed by atoms with Crippen molar-refractivity contribution in [1.29, 1.82) is 0 Å². The topological polar surface area (TPSA) is 44.4 Å². The monoisotopic (exact) mass is 384 g/mol. The number of hydrogen-bond donors (Lipinski definition) is 0. The number of hydrogen-bond acceptors (Lipinski definition) is 3. The minimum atomic E-state index is -0.272. The van der Waals surface area contributed by atoms with Gasteiger partial charge in [-0.15, -0.1) is 0 Å². The highest BCUT2D eigenvalue weighted by molar-refractivity contribution is 5.69. The molecule has 142 valence electrons. The van der Waals surface area contributed by atoms with Gasteiger partial charge < -0.3 is 4.74 Å². The van der Waals surface area contributed by atoms with Crippen LogP contribution in [0.3, 0.4) is 0 Å². The highest BCUT2D eigenvalue weighted by atomic mass is 19.1. The molecular weight excluding hydrogens is 367 g/mol. The van der Waals surface area contributed by atoms with Gasteiger partial charge in [0.1, 0.15) is 17.2 Å².